The molecule has 9 heteroatoms. The zero-order valence-electron chi connectivity index (χ0n) is 15.0. The minimum Gasteiger partial charge on any atom is -0.386 e. The predicted molar refractivity (Wildman–Crippen MR) is 103 cm³/mol. The van der Waals surface area contributed by atoms with E-state index in [1.54, 1.807) is 24.3 Å². The fourth-order valence-electron chi connectivity index (χ4n) is 2.78. The Bertz CT molecular complexity index is 973. The van der Waals surface area contributed by atoms with Crippen molar-refractivity contribution in [1.29, 1.82) is 0 Å². The van der Waals surface area contributed by atoms with Gasteiger partial charge < -0.3 is 10.2 Å². The fourth-order valence-corrected chi connectivity index (χ4v) is 4.34. The number of carbonyl (C=O) groups excluding carboxylic acids is 1. The molecule has 0 spiro atoms. The lowest BCUT2D eigenvalue weighted by Gasteiger charge is -2.16. The standard InChI is InChI=1S/C19H20FN3O4S/c20-18-9-2-1-6-15(18)13-21-27-14-19(24)22-16-7-5-8-17(12-16)28(25,26)23-10-3-4-11-23/h1-2,5-9,12-13H,3-4,10-11,14H2,(H,22,24)/b21-13-. The summed E-state index contributed by atoms with van der Waals surface area (Å²) in [6, 6.07) is 12.1. The van der Waals surface area contributed by atoms with E-state index >= 15 is 0 Å². The number of anilines is 1. The number of sulfonamides is 1. The minimum atomic E-state index is -3.56. The van der Waals surface area contributed by atoms with Crippen LogP contribution in [0.15, 0.2) is 58.6 Å². The summed E-state index contributed by atoms with van der Waals surface area (Å²) >= 11 is 0. The van der Waals surface area contributed by atoms with Crippen LogP contribution < -0.4 is 5.32 Å². The van der Waals surface area contributed by atoms with Gasteiger partial charge in [-0.2, -0.15) is 4.31 Å². The van der Waals surface area contributed by atoms with E-state index in [2.05, 4.69) is 10.5 Å². The lowest BCUT2D eigenvalue weighted by molar-refractivity contribution is -0.120. The maximum atomic E-state index is 13.4. The van der Waals surface area contributed by atoms with Crippen LogP contribution in [0.2, 0.25) is 0 Å². The van der Waals surface area contributed by atoms with E-state index in [0.717, 1.165) is 12.8 Å². The normalized spacial score (nSPS) is 15.0. The Labute approximate surface area is 162 Å². The van der Waals surface area contributed by atoms with Gasteiger partial charge in [-0.3, -0.25) is 4.79 Å². The van der Waals surface area contributed by atoms with Crippen molar-refractivity contribution < 1.29 is 22.4 Å². The molecule has 1 fully saturated rings. The van der Waals surface area contributed by atoms with Gasteiger partial charge in [0, 0.05) is 24.3 Å². The van der Waals surface area contributed by atoms with Gasteiger partial charge in [-0.15, -0.1) is 0 Å². The van der Waals surface area contributed by atoms with Crippen LogP contribution in [-0.2, 0) is 19.7 Å². The van der Waals surface area contributed by atoms with Crippen molar-refractivity contribution in [3.05, 3.63) is 59.9 Å². The third-order valence-electron chi connectivity index (χ3n) is 4.19. The van der Waals surface area contributed by atoms with Crippen molar-refractivity contribution in [2.24, 2.45) is 5.16 Å². The van der Waals surface area contributed by atoms with Gasteiger partial charge in [0.25, 0.3) is 5.91 Å². The molecule has 1 aliphatic rings. The van der Waals surface area contributed by atoms with Crippen LogP contribution in [-0.4, -0.2) is 44.5 Å². The lowest BCUT2D eigenvalue weighted by atomic mass is 10.2. The minimum absolute atomic E-state index is 0.130. The third-order valence-corrected chi connectivity index (χ3v) is 6.08. The highest BCUT2D eigenvalue weighted by Crippen LogP contribution is 2.23. The molecule has 2 aromatic carbocycles. The molecule has 0 unspecified atom stereocenters. The molecule has 3 rings (SSSR count). The fraction of sp³-hybridized carbons (Fsp3) is 0.263. The molecule has 0 saturated carbocycles. The van der Waals surface area contributed by atoms with Crippen LogP contribution in [0.25, 0.3) is 0 Å². The van der Waals surface area contributed by atoms with Crippen molar-refractivity contribution in [1.82, 2.24) is 4.31 Å². The molecule has 0 aliphatic carbocycles. The average Bonchev–Trinajstić information content (AvgIpc) is 3.22. The molecule has 0 bridgehead atoms. The Kier molecular flexibility index (Phi) is 6.37. The number of hydrogen-bond acceptors (Lipinski definition) is 5. The zero-order valence-corrected chi connectivity index (χ0v) is 15.9. The second kappa shape index (κ2) is 8.94. The van der Waals surface area contributed by atoms with Gasteiger partial charge in [-0.25, -0.2) is 12.8 Å². The van der Waals surface area contributed by atoms with Crippen molar-refractivity contribution in [3.8, 4) is 0 Å². The number of rotatable bonds is 7. The number of halogens is 1. The topological polar surface area (TPSA) is 88.1 Å². The Morgan fingerprint density at radius 1 is 1.18 bits per heavy atom. The van der Waals surface area contributed by atoms with E-state index in [1.807, 2.05) is 0 Å². The molecule has 1 aliphatic heterocycles. The second-order valence-electron chi connectivity index (χ2n) is 6.22. The number of benzene rings is 2. The number of hydrogen-bond donors (Lipinski definition) is 1. The molecular weight excluding hydrogens is 385 g/mol. The van der Waals surface area contributed by atoms with Crippen LogP contribution in [0.1, 0.15) is 18.4 Å². The van der Waals surface area contributed by atoms with Gasteiger partial charge in [0.05, 0.1) is 11.1 Å². The number of oxime groups is 1. The first-order chi connectivity index (χ1) is 13.5. The second-order valence-corrected chi connectivity index (χ2v) is 8.15. The number of amides is 1. The molecule has 0 radical (unpaired) electrons. The van der Waals surface area contributed by atoms with Crippen LogP contribution in [0.3, 0.4) is 0 Å². The van der Waals surface area contributed by atoms with E-state index < -0.39 is 28.4 Å². The molecule has 1 amide bonds. The maximum absolute atomic E-state index is 13.4. The van der Waals surface area contributed by atoms with Gasteiger partial charge in [-0.05, 0) is 37.1 Å². The molecule has 28 heavy (non-hydrogen) atoms. The summed E-state index contributed by atoms with van der Waals surface area (Å²) in [5.41, 5.74) is 0.578. The van der Waals surface area contributed by atoms with Gasteiger partial charge in [0.2, 0.25) is 10.0 Å². The van der Waals surface area contributed by atoms with E-state index in [0.29, 0.717) is 18.8 Å². The highest BCUT2D eigenvalue weighted by Gasteiger charge is 2.27. The molecule has 0 atom stereocenters. The summed E-state index contributed by atoms with van der Waals surface area (Å²) in [5.74, 6) is -0.961. The first-order valence-corrected chi connectivity index (χ1v) is 10.2. The van der Waals surface area contributed by atoms with E-state index in [4.69, 9.17) is 4.84 Å². The van der Waals surface area contributed by atoms with Crippen LogP contribution in [0, 0.1) is 5.82 Å². The summed E-state index contributed by atoms with van der Waals surface area (Å²) < 4.78 is 40.0. The number of nitrogens with zero attached hydrogens (tertiary/aromatic N) is 2. The molecule has 2 aromatic rings. The van der Waals surface area contributed by atoms with Crippen LogP contribution >= 0.6 is 0 Å². The van der Waals surface area contributed by atoms with Crippen molar-refractivity contribution in [2.75, 3.05) is 25.0 Å². The first kappa shape index (κ1) is 20.0. The quantitative estimate of drug-likeness (QED) is 0.567. The molecule has 0 aromatic heterocycles. The molecule has 1 saturated heterocycles. The summed E-state index contributed by atoms with van der Waals surface area (Å²) in [4.78, 5) is 17.0. The predicted octanol–water partition coefficient (Wildman–Crippen LogP) is 2.60. The monoisotopic (exact) mass is 405 g/mol. The first-order valence-electron chi connectivity index (χ1n) is 8.77. The van der Waals surface area contributed by atoms with Gasteiger partial charge in [0.15, 0.2) is 6.61 Å². The number of nitrogens with one attached hydrogen (secondary N) is 1. The largest absolute Gasteiger partial charge is 0.386 e. The zero-order chi connectivity index (χ0) is 20.0. The molecule has 1 heterocycles. The molecule has 7 nitrogen and oxygen atoms in total. The highest BCUT2D eigenvalue weighted by molar-refractivity contribution is 7.89. The smallest absolute Gasteiger partial charge is 0.265 e. The number of carbonyl (C=O) groups is 1. The maximum Gasteiger partial charge on any atom is 0.265 e. The lowest BCUT2D eigenvalue weighted by Crippen LogP contribution is -2.28. The van der Waals surface area contributed by atoms with Gasteiger partial charge in [-0.1, -0.05) is 29.4 Å². The summed E-state index contributed by atoms with van der Waals surface area (Å²) in [6.45, 7) is 0.619. The Hall–Kier alpha value is -2.78. The SMILES string of the molecule is O=C(CO/N=C\c1ccccc1F)Nc1cccc(S(=O)(=O)N2CCCC2)c1. The molecule has 1 N–H and O–H groups in total. The van der Waals surface area contributed by atoms with Gasteiger partial charge >= 0.3 is 0 Å². The summed E-state index contributed by atoms with van der Waals surface area (Å²) in [6.07, 6.45) is 2.87. The Morgan fingerprint density at radius 2 is 1.93 bits per heavy atom. The molecule has 148 valence electrons. The summed E-state index contributed by atoms with van der Waals surface area (Å²) in [5, 5.41) is 6.12. The summed E-state index contributed by atoms with van der Waals surface area (Å²) in [7, 11) is -3.56. The molecular formula is C19H20FN3O4S. The van der Waals surface area contributed by atoms with Crippen LogP contribution in [0.5, 0.6) is 0 Å². The van der Waals surface area contributed by atoms with Crippen molar-refractivity contribution in [2.45, 2.75) is 17.7 Å². The van der Waals surface area contributed by atoms with E-state index in [9.17, 15) is 17.6 Å². The van der Waals surface area contributed by atoms with Crippen molar-refractivity contribution >= 4 is 27.8 Å². The average molecular weight is 405 g/mol. The highest BCUT2D eigenvalue weighted by atomic mass is 32.2. The van der Waals surface area contributed by atoms with E-state index in [1.165, 1.54) is 34.8 Å². The van der Waals surface area contributed by atoms with Crippen LogP contribution in [0.4, 0.5) is 10.1 Å². The third kappa shape index (κ3) is 4.93. The Balaban J connectivity index is 1.56. The van der Waals surface area contributed by atoms with E-state index in [-0.39, 0.29) is 10.5 Å². The van der Waals surface area contributed by atoms with Gasteiger partial charge in [0.1, 0.15) is 5.82 Å². The Morgan fingerprint density at radius 3 is 2.68 bits per heavy atom. The van der Waals surface area contributed by atoms with Crippen molar-refractivity contribution in [3.63, 3.8) is 0 Å².